The second-order valence-corrected chi connectivity index (χ2v) is 4.51. The predicted molar refractivity (Wildman–Crippen MR) is 63.9 cm³/mol. The van der Waals surface area contributed by atoms with Crippen LogP contribution in [0.3, 0.4) is 0 Å². The summed E-state index contributed by atoms with van der Waals surface area (Å²) in [6, 6.07) is 0.353. The van der Waals surface area contributed by atoms with Crippen molar-refractivity contribution in [2.45, 2.75) is 12.5 Å². The van der Waals surface area contributed by atoms with Crippen molar-refractivity contribution in [2.75, 3.05) is 32.3 Å². The molecule has 1 fully saturated rings. The van der Waals surface area contributed by atoms with Crippen molar-refractivity contribution in [3.63, 3.8) is 0 Å². The van der Waals surface area contributed by atoms with Crippen molar-refractivity contribution in [3.8, 4) is 5.88 Å². The average Bonchev–Trinajstić information content (AvgIpc) is 2.82. The van der Waals surface area contributed by atoms with Gasteiger partial charge in [-0.25, -0.2) is 4.98 Å². The summed E-state index contributed by atoms with van der Waals surface area (Å²) in [5.41, 5.74) is 0. The third-order valence-electron chi connectivity index (χ3n) is 2.66. The van der Waals surface area contributed by atoms with E-state index in [1.54, 1.807) is 13.3 Å². The van der Waals surface area contributed by atoms with Gasteiger partial charge in [0.2, 0.25) is 11.8 Å². The van der Waals surface area contributed by atoms with Crippen LogP contribution >= 0.6 is 15.9 Å². The van der Waals surface area contributed by atoms with Gasteiger partial charge in [0, 0.05) is 13.7 Å². The third-order valence-corrected chi connectivity index (χ3v) is 3.21. The van der Waals surface area contributed by atoms with Crippen molar-refractivity contribution in [1.82, 2.24) is 9.97 Å². The molecule has 1 aromatic heterocycles. The Balaban J connectivity index is 2.19. The van der Waals surface area contributed by atoms with Gasteiger partial charge in [-0.15, -0.1) is 0 Å². The maximum absolute atomic E-state index is 5.34. The number of hydrogen-bond acceptors (Lipinski definition) is 5. The van der Waals surface area contributed by atoms with Gasteiger partial charge in [-0.2, -0.15) is 4.98 Å². The summed E-state index contributed by atoms with van der Waals surface area (Å²) >= 11 is 3.33. The van der Waals surface area contributed by atoms with E-state index in [0.717, 1.165) is 24.1 Å². The lowest BCUT2D eigenvalue weighted by atomic mass is 10.2. The van der Waals surface area contributed by atoms with Crippen LogP contribution in [0.15, 0.2) is 10.7 Å². The van der Waals surface area contributed by atoms with E-state index in [9.17, 15) is 0 Å². The summed E-state index contributed by atoms with van der Waals surface area (Å²) in [6.07, 6.45) is 2.71. The summed E-state index contributed by atoms with van der Waals surface area (Å²) in [4.78, 5) is 10.6. The first-order chi connectivity index (χ1) is 7.72. The minimum absolute atomic E-state index is 0.353. The van der Waals surface area contributed by atoms with E-state index in [1.165, 1.54) is 0 Å². The zero-order chi connectivity index (χ0) is 11.5. The molecule has 1 unspecified atom stereocenters. The van der Waals surface area contributed by atoms with E-state index in [4.69, 9.17) is 9.47 Å². The van der Waals surface area contributed by atoms with Crippen molar-refractivity contribution in [3.05, 3.63) is 10.7 Å². The normalized spacial score (nSPS) is 19.8. The lowest BCUT2D eigenvalue weighted by Gasteiger charge is -2.23. The highest BCUT2D eigenvalue weighted by atomic mass is 79.9. The Morgan fingerprint density at radius 1 is 1.62 bits per heavy atom. The fraction of sp³-hybridized carbons (Fsp3) is 0.600. The van der Waals surface area contributed by atoms with Crippen LogP contribution < -0.4 is 9.64 Å². The molecule has 0 radical (unpaired) electrons. The Labute approximate surface area is 103 Å². The molecule has 0 aliphatic carbocycles. The van der Waals surface area contributed by atoms with Crippen LogP contribution in [-0.2, 0) is 4.74 Å². The van der Waals surface area contributed by atoms with Gasteiger partial charge in [0.1, 0.15) is 0 Å². The van der Waals surface area contributed by atoms with E-state index in [1.807, 2.05) is 11.9 Å². The van der Waals surface area contributed by atoms with Gasteiger partial charge in [0.05, 0.1) is 30.4 Å². The Bertz CT molecular complexity index is 369. The Morgan fingerprint density at radius 3 is 3.06 bits per heavy atom. The number of likely N-dealkylation sites (N-methyl/N-ethyl adjacent to an activating group) is 1. The molecule has 0 bridgehead atoms. The molecule has 0 aromatic carbocycles. The molecule has 0 N–H and O–H groups in total. The number of nitrogens with zero attached hydrogens (tertiary/aromatic N) is 3. The van der Waals surface area contributed by atoms with Crippen LogP contribution in [0.25, 0.3) is 0 Å². The van der Waals surface area contributed by atoms with Crippen LogP contribution in [0.4, 0.5) is 5.95 Å². The summed E-state index contributed by atoms with van der Waals surface area (Å²) in [5.74, 6) is 1.21. The largest absolute Gasteiger partial charge is 0.480 e. The first-order valence-electron chi connectivity index (χ1n) is 5.09. The molecule has 2 heterocycles. The molecule has 88 valence electrons. The van der Waals surface area contributed by atoms with Crippen LogP contribution in [0.2, 0.25) is 0 Å². The molecule has 0 spiro atoms. The van der Waals surface area contributed by atoms with Gasteiger partial charge in [0.25, 0.3) is 0 Å². The number of methoxy groups -OCH3 is 1. The lowest BCUT2D eigenvalue weighted by molar-refractivity contribution is 0.193. The molecule has 0 amide bonds. The Morgan fingerprint density at radius 2 is 2.44 bits per heavy atom. The SMILES string of the molecule is COc1nc(N(C)C2CCOC2)ncc1Br. The number of aromatic nitrogens is 2. The minimum atomic E-state index is 0.353. The van der Waals surface area contributed by atoms with Gasteiger partial charge in [-0.3, -0.25) is 0 Å². The number of halogens is 1. The van der Waals surface area contributed by atoms with Gasteiger partial charge >= 0.3 is 0 Å². The molecular weight excluding hydrogens is 274 g/mol. The molecule has 16 heavy (non-hydrogen) atoms. The Kier molecular flexibility index (Phi) is 3.60. The zero-order valence-corrected chi connectivity index (χ0v) is 10.9. The molecule has 6 heteroatoms. The second kappa shape index (κ2) is 4.97. The summed E-state index contributed by atoms with van der Waals surface area (Å²) in [5, 5.41) is 0. The molecule has 5 nitrogen and oxygen atoms in total. The second-order valence-electron chi connectivity index (χ2n) is 3.66. The van der Waals surface area contributed by atoms with E-state index >= 15 is 0 Å². The minimum Gasteiger partial charge on any atom is -0.480 e. The highest BCUT2D eigenvalue weighted by Crippen LogP contribution is 2.24. The number of rotatable bonds is 3. The maximum atomic E-state index is 5.34. The average molecular weight is 288 g/mol. The fourth-order valence-electron chi connectivity index (χ4n) is 1.65. The highest BCUT2D eigenvalue weighted by molar-refractivity contribution is 9.10. The molecule has 1 aliphatic heterocycles. The van der Waals surface area contributed by atoms with Crippen molar-refractivity contribution < 1.29 is 9.47 Å². The summed E-state index contributed by atoms with van der Waals surface area (Å²) < 4.78 is 11.2. The van der Waals surface area contributed by atoms with Crippen molar-refractivity contribution in [2.24, 2.45) is 0 Å². The third kappa shape index (κ3) is 2.27. The molecule has 1 saturated heterocycles. The van der Waals surface area contributed by atoms with E-state index in [2.05, 4.69) is 25.9 Å². The van der Waals surface area contributed by atoms with Gasteiger partial charge in [-0.05, 0) is 22.4 Å². The standard InChI is InChI=1S/C10H14BrN3O2/c1-14(7-3-4-16-6-7)10-12-5-8(11)9(13-10)15-2/h5,7H,3-4,6H2,1-2H3. The number of ether oxygens (including phenoxy) is 2. The van der Waals surface area contributed by atoms with Crippen LogP contribution in [0.5, 0.6) is 5.88 Å². The van der Waals surface area contributed by atoms with Crippen LogP contribution in [0, 0.1) is 0 Å². The van der Waals surface area contributed by atoms with Gasteiger partial charge < -0.3 is 14.4 Å². The fourth-order valence-corrected chi connectivity index (χ4v) is 2.00. The molecule has 0 saturated carbocycles. The van der Waals surface area contributed by atoms with Crippen molar-refractivity contribution >= 4 is 21.9 Å². The van der Waals surface area contributed by atoms with E-state index < -0.39 is 0 Å². The summed E-state index contributed by atoms with van der Waals surface area (Å²) in [6.45, 7) is 1.54. The molecule has 1 aromatic rings. The number of anilines is 1. The first kappa shape index (κ1) is 11.6. The molecular formula is C10H14BrN3O2. The van der Waals surface area contributed by atoms with Crippen LogP contribution in [-0.4, -0.2) is 43.4 Å². The molecule has 2 rings (SSSR count). The monoisotopic (exact) mass is 287 g/mol. The topological polar surface area (TPSA) is 47.5 Å². The highest BCUT2D eigenvalue weighted by Gasteiger charge is 2.22. The Hall–Kier alpha value is -0.880. The first-order valence-corrected chi connectivity index (χ1v) is 5.88. The van der Waals surface area contributed by atoms with Gasteiger partial charge in [-0.1, -0.05) is 0 Å². The van der Waals surface area contributed by atoms with E-state index in [0.29, 0.717) is 17.9 Å². The van der Waals surface area contributed by atoms with E-state index in [-0.39, 0.29) is 0 Å². The smallest absolute Gasteiger partial charge is 0.232 e. The molecule has 1 atom stereocenters. The van der Waals surface area contributed by atoms with Crippen LogP contribution in [0.1, 0.15) is 6.42 Å². The summed E-state index contributed by atoms with van der Waals surface area (Å²) in [7, 11) is 3.57. The lowest BCUT2D eigenvalue weighted by Crippen LogP contribution is -2.33. The van der Waals surface area contributed by atoms with Gasteiger partial charge in [0.15, 0.2) is 0 Å². The van der Waals surface area contributed by atoms with Crippen molar-refractivity contribution in [1.29, 1.82) is 0 Å². The maximum Gasteiger partial charge on any atom is 0.232 e. The quantitative estimate of drug-likeness (QED) is 0.843. The number of hydrogen-bond donors (Lipinski definition) is 0. The zero-order valence-electron chi connectivity index (χ0n) is 9.31. The molecule has 1 aliphatic rings. The predicted octanol–water partition coefficient (Wildman–Crippen LogP) is 1.47.